The topological polar surface area (TPSA) is 120 Å². The number of benzene rings is 4. The van der Waals surface area contributed by atoms with Crippen LogP contribution in [0.3, 0.4) is 0 Å². The predicted octanol–water partition coefficient (Wildman–Crippen LogP) is 6.38. The minimum Gasteiger partial charge on any atom is -0.497 e. The molecule has 0 aliphatic carbocycles. The Balaban J connectivity index is 1.57. The molecule has 47 heavy (non-hydrogen) atoms. The van der Waals surface area contributed by atoms with E-state index in [1.807, 2.05) is 44.2 Å². The molecular weight excluding hydrogens is 623 g/mol. The van der Waals surface area contributed by atoms with Crippen LogP contribution < -0.4 is 24.2 Å². The number of sulfonamides is 1. The van der Waals surface area contributed by atoms with Gasteiger partial charge in [-0.15, -0.1) is 0 Å². The number of para-hydroxylation sites is 1. The fraction of sp³-hybridized carbons (Fsp3) is 0.278. The van der Waals surface area contributed by atoms with Gasteiger partial charge in [0.05, 0.1) is 20.3 Å². The third-order valence-corrected chi connectivity index (χ3v) is 8.78. The lowest BCUT2D eigenvalue weighted by Gasteiger charge is -2.22. The van der Waals surface area contributed by atoms with E-state index in [0.717, 1.165) is 11.1 Å². The number of carbonyl (C=O) groups excluding carboxylic acids is 2. The number of hydrogen-bond donors (Lipinski definition) is 2. The third kappa shape index (κ3) is 9.79. The molecule has 0 heterocycles. The molecule has 0 bridgehead atoms. The minimum absolute atomic E-state index is 0.0514. The molecule has 2 N–H and O–H groups in total. The van der Waals surface area contributed by atoms with E-state index in [1.54, 1.807) is 36.4 Å². The van der Waals surface area contributed by atoms with Crippen LogP contribution in [-0.4, -0.2) is 34.5 Å². The van der Waals surface area contributed by atoms with Crippen molar-refractivity contribution in [3.63, 3.8) is 0 Å². The summed E-state index contributed by atoms with van der Waals surface area (Å²) < 4.78 is 58.2. The van der Waals surface area contributed by atoms with Crippen LogP contribution in [0.15, 0.2) is 95.9 Å². The molecule has 0 saturated heterocycles. The molecule has 9 nitrogen and oxygen atoms in total. The first kappa shape index (κ1) is 35.0. The zero-order chi connectivity index (χ0) is 34.0. The van der Waals surface area contributed by atoms with Gasteiger partial charge in [-0.3, -0.25) is 9.59 Å². The number of aryl methyl sites for hydroxylation is 1. The zero-order valence-corrected chi connectivity index (χ0v) is 27.6. The highest BCUT2D eigenvalue weighted by atomic mass is 32.2. The van der Waals surface area contributed by atoms with Crippen molar-refractivity contribution in [3.8, 4) is 17.2 Å². The van der Waals surface area contributed by atoms with Gasteiger partial charge in [0.25, 0.3) is 15.9 Å². The summed E-state index contributed by atoms with van der Waals surface area (Å²) in [6, 6.07) is 24.4. The van der Waals surface area contributed by atoms with Gasteiger partial charge in [0.1, 0.15) is 34.6 Å². The van der Waals surface area contributed by atoms with E-state index in [0.29, 0.717) is 23.3 Å². The molecule has 1 unspecified atom stereocenters. The molecule has 0 aromatic heterocycles. The SMILES string of the molecule is COc1ccc(OC)c(S(=O)(=O)NC(=O)CCc2ccc(COc3ccccc3)cc2C(=O)NC(CC(C)C)c2ccc(F)cc2)c1. The summed E-state index contributed by atoms with van der Waals surface area (Å²) in [5, 5.41) is 3.09. The molecule has 0 saturated carbocycles. The molecule has 11 heteroatoms. The normalized spacial score (nSPS) is 11.9. The molecule has 0 fully saturated rings. The Hall–Kier alpha value is -4.90. The van der Waals surface area contributed by atoms with Gasteiger partial charge < -0.3 is 19.5 Å². The fourth-order valence-corrected chi connectivity index (χ4v) is 6.20. The molecule has 4 rings (SSSR count). The Kier molecular flexibility index (Phi) is 12.0. The standard InChI is InChI=1S/C36H39FN2O7S/c1-24(2)20-32(27-12-15-28(37)16-13-27)38-36(41)31-21-25(23-46-29-8-6-5-7-9-29)10-11-26(31)14-19-35(40)39-47(42,43)34-22-30(44-3)17-18-33(34)45-4/h5-13,15-18,21-22,24,32H,14,19-20,23H2,1-4H3,(H,38,41)(H,39,40). The lowest BCUT2D eigenvalue weighted by molar-refractivity contribution is -0.119. The first-order valence-corrected chi connectivity index (χ1v) is 16.6. The summed E-state index contributed by atoms with van der Waals surface area (Å²) >= 11 is 0. The Morgan fingerprint density at radius 2 is 1.57 bits per heavy atom. The third-order valence-electron chi connectivity index (χ3n) is 7.38. The molecular formula is C36H39FN2O7S. The number of methoxy groups -OCH3 is 2. The van der Waals surface area contributed by atoms with Crippen LogP contribution in [0, 0.1) is 11.7 Å². The summed E-state index contributed by atoms with van der Waals surface area (Å²) in [5.41, 5.74) is 2.35. The van der Waals surface area contributed by atoms with Gasteiger partial charge in [-0.2, -0.15) is 0 Å². The molecule has 0 aliphatic heterocycles. The zero-order valence-electron chi connectivity index (χ0n) is 26.8. The first-order valence-electron chi connectivity index (χ1n) is 15.1. The van der Waals surface area contributed by atoms with Crippen molar-refractivity contribution in [1.82, 2.24) is 10.0 Å². The van der Waals surface area contributed by atoms with Crippen molar-refractivity contribution < 1.29 is 36.6 Å². The molecule has 2 amide bonds. The van der Waals surface area contributed by atoms with Gasteiger partial charge in [-0.25, -0.2) is 17.5 Å². The van der Waals surface area contributed by atoms with Crippen molar-refractivity contribution >= 4 is 21.8 Å². The first-order chi connectivity index (χ1) is 22.5. The lowest BCUT2D eigenvalue weighted by Crippen LogP contribution is -2.32. The predicted molar refractivity (Wildman–Crippen MR) is 176 cm³/mol. The highest BCUT2D eigenvalue weighted by Gasteiger charge is 2.24. The van der Waals surface area contributed by atoms with Crippen molar-refractivity contribution in [1.29, 1.82) is 0 Å². The largest absolute Gasteiger partial charge is 0.497 e. The van der Waals surface area contributed by atoms with Crippen molar-refractivity contribution in [2.45, 2.75) is 50.7 Å². The van der Waals surface area contributed by atoms with Crippen LogP contribution >= 0.6 is 0 Å². The van der Waals surface area contributed by atoms with Gasteiger partial charge in [0.15, 0.2) is 0 Å². The van der Waals surface area contributed by atoms with Crippen molar-refractivity contribution in [2.24, 2.45) is 5.92 Å². The lowest BCUT2D eigenvalue weighted by atomic mass is 9.95. The van der Waals surface area contributed by atoms with Gasteiger partial charge in [-0.1, -0.05) is 56.3 Å². The Labute approximate surface area is 275 Å². The van der Waals surface area contributed by atoms with Gasteiger partial charge in [0.2, 0.25) is 5.91 Å². The minimum atomic E-state index is -4.29. The van der Waals surface area contributed by atoms with Crippen molar-refractivity contribution in [2.75, 3.05) is 14.2 Å². The number of amides is 2. The number of nitrogens with one attached hydrogen (secondary N) is 2. The maximum atomic E-state index is 13.9. The number of ether oxygens (including phenoxy) is 3. The maximum absolute atomic E-state index is 13.9. The van der Waals surface area contributed by atoms with Crippen LogP contribution in [-0.2, 0) is 27.8 Å². The van der Waals surface area contributed by atoms with E-state index in [1.165, 1.54) is 38.5 Å². The van der Waals surface area contributed by atoms with Crippen LogP contribution in [0.4, 0.5) is 4.39 Å². The average Bonchev–Trinajstić information content (AvgIpc) is 3.06. The summed E-state index contributed by atoms with van der Waals surface area (Å²) in [5.74, 6) is -0.294. The number of rotatable bonds is 15. The Bertz CT molecular complexity index is 1780. The average molecular weight is 663 g/mol. The monoisotopic (exact) mass is 662 g/mol. The molecule has 1 atom stereocenters. The molecule has 0 radical (unpaired) electrons. The van der Waals surface area contributed by atoms with Gasteiger partial charge in [-0.05, 0) is 77.9 Å². The molecule has 248 valence electrons. The number of hydrogen-bond acceptors (Lipinski definition) is 7. The molecule has 0 spiro atoms. The summed E-state index contributed by atoms with van der Waals surface area (Å²) in [7, 11) is -1.57. The highest BCUT2D eigenvalue weighted by molar-refractivity contribution is 7.90. The van der Waals surface area contributed by atoms with Gasteiger partial charge >= 0.3 is 0 Å². The Morgan fingerprint density at radius 3 is 2.23 bits per heavy atom. The van der Waals surface area contributed by atoms with E-state index < -0.39 is 22.0 Å². The summed E-state index contributed by atoms with van der Waals surface area (Å²) in [6.07, 6.45) is 0.459. The summed E-state index contributed by atoms with van der Waals surface area (Å²) in [4.78, 5) is 26.6. The van der Waals surface area contributed by atoms with Crippen LogP contribution in [0.5, 0.6) is 17.2 Å². The molecule has 4 aromatic rings. The van der Waals surface area contributed by atoms with Crippen LogP contribution in [0.1, 0.15) is 59.8 Å². The van der Waals surface area contributed by atoms with Crippen molar-refractivity contribution in [3.05, 3.63) is 119 Å². The van der Waals surface area contributed by atoms with Gasteiger partial charge in [0, 0.05) is 18.1 Å². The van der Waals surface area contributed by atoms with E-state index in [2.05, 4.69) is 10.0 Å². The van der Waals surface area contributed by atoms with E-state index in [-0.39, 0.29) is 53.5 Å². The van der Waals surface area contributed by atoms with Crippen LogP contribution in [0.2, 0.25) is 0 Å². The highest BCUT2D eigenvalue weighted by Crippen LogP contribution is 2.28. The summed E-state index contributed by atoms with van der Waals surface area (Å²) in [6.45, 7) is 4.26. The van der Waals surface area contributed by atoms with E-state index in [9.17, 15) is 22.4 Å². The number of halogens is 1. The quantitative estimate of drug-likeness (QED) is 0.152. The second-order valence-electron chi connectivity index (χ2n) is 11.3. The second-order valence-corrected chi connectivity index (χ2v) is 13.0. The molecule has 0 aliphatic rings. The number of carbonyl (C=O) groups is 2. The van der Waals surface area contributed by atoms with E-state index in [4.69, 9.17) is 14.2 Å². The molecule has 4 aromatic carbocycles. The van der Waals surface area contributed by atoms with E-state index >= 15 is 0 Å². The smallest absolute Gasteiger partial charge is 0.267 e. The Morgan fingerprint density at radius 1 is 0.851 bits per heavy atom. The van der Waals surface area contributed by atoms with Crippen LogP contribution in [0.25, 0.3) is 0 Å². The fourth-order valence-electron chi connectivity index (χ4n) is 5.01. The maximum Gasteiger partial charge on any atom is 0.267 e. The second kappa shape index (κ2) is 16.1.